The maximum Gasteiger partial charge on any atom is 0.277 e. The highest BCUT2D eigenvalue weighted by Crippen LogP contribution is 2.30. The van der Waals surface area contributed by atoms with Crippen molar-refractivity contribution in [3.63, 3.8) is 0 Å². The molecule has 1 saturated heterocycles. The van der Waals surface area contributed by atoms with E-state index in [2.05, 4.69) is 5.32 Å². The number of amides is 2. The van der Waals surface area contributed by atoms with Gasteiger partial charge in [-0.3, -0.25) is 14.4 Å². The number of likely N-dealkylation sites (tertiary alicyclic amines) is 1. The Balaban J connectivity index is 1.99. The maximum atomic E-state index is 15.0. The summed E-state index contributed by atoms with van der Waals surface area (Å²) in [5.74, 6) is -4.34. The second-order valence-electron chi connectivity index (χ2n) is 6.42. The zero-order chi connectivity index (χ0) is 21.7. The summed E-state index contributed by atoms with van der Waals surface area (Å²) in [5, 5.41) is 11.2. The van der Waals surface area contributed by atoms with Gasteiger partial charge in [0.25, 0.3) is 5.91 Å². The van der Waals surface area contributed by atoms with Gasteiger partial charge in [0.15, 0.2) is 17.5 Å². The topological polar surface area (TPSA) is 90.9 Å². The summed E-state index contributed by atoms with van der Waals surface area (Å²) in [7, 11) is 0. The molecular formula is C19H19F3IN3O4. The van der Waals surface area contributed by atoms with E-state index in [0.717, 1.165) is 6.07 Å². The molecule has 2 heterocycles. The van der Waals surface area contributed by atoms with Crippen molar-refractivity contribution < 1.29 is 32.7 Å². The number of benzene rings is 1. The first kappa shape index (κ1) is 22.4. The van der Waals surface area contributed by atoms with Crippen LogP contribution in [0.5, 0.6) is 0 Å². The van der Waals surface area contributed by atoms with Gasteiger partial charge >= 0.3 is 0 Å². The van der Waals surface area contributed by atoms with Crippen molar-refractivity contribution in [1.82, 2.24) is 10.4 Å². The van der Waals surface area contributed by atoms with Crippen molar-refractivity contribution in [2.75, 3.05) is 25.1 Å². The Labute approximate surface area is 180 Å². The number of hydrogen-bond donors (Lipinski definition) is 3. The SMILES string of the molecule is O=C(NOCCO)c1cc(CN2CCCC2=O)c(F)c(F)c1NC1=C(F)C=IC=C1. The molecule has 2 aliphatic heterocycles. The molecule has 30 heavy (non-hydrogen) atoms. The van der Waals surface area contributed by atoms with Crippen molar-refractivity contribution in [1.29, 1.82) is 0 Å². The molecule has 0 spiro atoms. The molecule has 0 unspecified atom stereocenters. The number of halogens is 4. The van der Waals surface area contributed by atoms with Gasteiger partial charge in [-0.2, -0.15) is 0 Å². The highest BCUT2D eigenvalue weighted by molar-refractivity contribution is 14.2. The van der Waals surface area contributed by atoms with Gasteiger partial charge in [-0.1, -0.05) is 20.7 Å². The number of anilines is 1. The van der Waals surface area contributed by atoms with Crippen LogP contribution in [-0.4, -0.2) is 45.6 Å². The molecule has 0 atom stereocenters. The number of carbonyl (C=O) groups is 2. The number of aliphatic hydroxyl groups excluding tert-OH is 1. The fourth-order valence-electron chi connectivity index (χ4n) is 2.95. The van der Waals surface area contributed by atoms with E-state index in [0.29, 0.717) is 19.4 Å². The van der Waals surface area contributed by atoms with Crippen LogP contribution in [0, 0.1) is 11.6 Å². The van der Waals surface area contributed by atoms with Gasteiger partial charge in [-0.05, 0) is 22.6 Å². The van der Waals surface area contributed by atoms with Crippen LogP contribution in [0.3, 0.4) is 0 Å². The van der Waals surface area contributed by atoms with Gasteiger partial charge < -0.3 is 15.3 Å². The van der Waals surface area contributed by atoms with E-state index in [1.165, 1.54) is 15.0 Å². The summed E-state index contributed by atoms with van der Waals surface area (Å²) in [5.41, 5.74) is 0.844. The molecule has 2 amide bonds. The molecule has 0 aliphatic carbocycles. The van der Waals surface area contributed by atoms with Crippen LogP contribution in [0.4, 0.5) is 18.9 Å². The van der Waals surface area contributed by atoms with Gasteiger partial charge in [-0.25, -0.2) is 18.7 Å². The standard InChI is InChI=1S/C19H19F3IN3O4/c20-13-9-23-4-3-14(13)24-18-12(19(29)25-30-7-6-27)8-11(16(21)17(18)22)10-26-5-1-2-15(26)28/h3-4,8-9,24,27H,1-2,5-7,10H2,(H,25,29). The van der Waals surface area contributed by atoms with E-state index >= 15 is 0 Å². The Morgan fingerprint density at radius 2 is 2.10 bits per heavy atom. The van der Waals surface area contributed by atoms with Crippen molar-refractivity contribution in [2.24, 2.45) is 0 Å². The molecule has 0 saturated carbocycles. The number of carbonyl (C=O) groups excluding carboxylic acids is 2. The van der Waals surface area contributed by atoms with E-state index in [1.54, 1.807) is 4.08 Å². The summed E-state index contributed by atoms with van der Waals surface area (Å²) < 4.78 is 46.9. The fraction of sp³-hybridized carbons (Fsp3) is 0.316. The zero-order valence-electron chi connectivity index (χ0n) is 15.7. The van der Waals surface area contributed by atoms with E-state index in [9.17, 15) is 22.8 Å². The van der Waals surface area contributed by atoms with Gasteiger partial charge in [-0.15, -0.1) is 0 Å². The molecule has 3 rings (SSSR count). The Hall–Kier alpha value is -2.25. The van der Waals surface area contributed by atoms with Crippen LogP contribution in [-0.2, 0) is 16.2 Å². The molecule has 1 aromatic rings. The normalized spacial score (nSPS) is 16.1. The third-order valence-electron chi connectivity index (χ3n) is 4.40. The first-order chi connectivity index (χ1) is 14.4. The average molecular weight is 537 g/mol. The minimum absolute atomic E-state index is 0.105. The second-order valence-corrected chi connectivity index (χ2v) is 8.48. The minimum atomic E-state index is -1.37. The Morgan fingerprint density at radius 3 is 2.77 bits per heavy atom. The van der Waals surface area contributed by atoms with Crippen LogP contribution in [0.2, 0.25) is 0 Å². The number of nitrogens with one attached hydrogen (secondary N) is 2. The highest BCUT2D eigenvalue weighted by Gasteiger charge is 2.27. The summed E-state index contributed by atoms with van der Waals surface area (Å²) in [4.78, 5) is 30.5. The highest BCUT2D eigenvalue weighted by atomic mass is 127. The van der Waals surface area contributed by atoms with Crippen molar-refractivity contribution in [3.8, 4) is 0 Å². The predicted molar refractivity (Wildman–Crippen MR) is 112 cm³/mol. The van der Waals surface area contributed by atoms with Gasteiger partial charge in [0.1, 0.15) is 0 Å². The monoisotopic (exact) mass is 537 g/mol. The van der Waals surface area contributed by atoms with Crippen LogP contribution in [0.25, 0.3) is 0 Å². The van der Waals surface area contributed by atoms with Crippen LogP contribution in [0.15, 0.2) is 27.7 Å². The lowest BCUT2D eigenvalue weighted by atomic mass is 10.0. The second kappa shape index (κ2) is 10.2. The average Bonchev–Trinajstić information content (AvgIpc) is 3.13. The zero-order valence-corrected chi connectivity index (χ0v) is 17.8. The van der Waals surface area contributed by atoms with Gasteiger partial charge in [0.2, 0.25) is 5.91 Å². The molecular weight excluding hydrogens is 518 g/mol. The number of rotatable bonds is 8. The molecule has 3 N–H and O–H groups in total. The van der Waals surface area contributed by atoms with Crippen molar-refractivity contribution in [3.05, 3.63) is 50.5 Å². The molecule has 7 nitrogen and oxygen atoms in total. The third-order valence-corrected chi connectivity index (χ3v) is 6.08. The van der Waals surface area contributed by atoms with Gasteiger partial charge in [0, 0.05) is 29.1 Å². The molecule has 11 heteroatoms. The Morgan fingerprint density at radius 1 is 1.30 bits per heavy atom. The molecule has 0 aromatic heterocycles. The molecule has 2 aliphatic rings. The molecule has 1 fully saturated rings. The third kappa shape index (κ3) is 5.08. The smallest absolute Gasteiger partial charge is 0.277 e. The van der Waals surface area contributed by atoms with Crippen LogP contribution < -0.4 is 10.8 Å². The predicted octanol–water partition coefficient (Wildman–Crippen LogP) is 2.63. The number of hydroxylamine groups is 1. The molecule has 0 bridgehead atoms. The lowest BCUT2D eigenvalue weighted by Gasteiger charge is -2.20. The molecule has 1 aromatic carbocycles. The van der Waals surface area contributed by atoms with E-state index in [1.807, 2.05) is 5.48 Å². The van der Waals surface area contributed by atoms with E-state index in [-0.39, 0.29) is 42.5 Å². The van der Waals surface area contributed by atoms with Crippen LogP contribution >= 0.6 is 20.7 Å². The fourth-order valence-corrected chi connectivity index (χ4v) is 4.38. The summed E-state index contributed by atoms with van der Waals surface area (Å²) in [6.45, 7) is -0.376. The molecule has 162 valence electrons. The first-order valence-electron chi connectivity index (χ1n) is 9.02. The summed E-state index contributed by atoms with van der Waals surface area (Å²) in [6.07, 6.45) is 2.34. The summed E-state index contributed by atoms with van der Waals surface area (Å²) >= 11 is -0.599. The lowest BCUT2D eigenvalue weighted by molar-refractivity contribution is -0.128. The number of hydrogen-bond acceptors (Lipinski definition) is 5. The van der Waals surface area contributed by atoms with Crippen LogP contribution in [0.1, 0.15) is 28.8 Å². The Kier molecular flexibility index (Phi) is 7.61. The quantitative estimate of drug-likeness (QED) is 0.270. The minimum Gasteiger partial charge on any atom is -0.394 e. The first-order valence-corrected chi connectivity index (χ1v) is 11.5. The number of allylic oxidation sites excluding steroid dienone is 2. The van der Waals surface area contributed by atoms with Gasteiger partial charge in [0.05, 0.1) is 30.2 Å². The van der Waals surface area contributed by atoms with E-state index in [4.69, 9.17) is 9.94 Å². The summed E-state index contributed by atoms with van der Waals surface area (Å²) in [6, 6.07) is 1.10. The maximum absolute atomic E-state index is 15.0. The number of nitrogens with zero attached hydrogens (tertiary/aromatic N) is 1. The van der Waals surface area contributed by atoms with Crippen molar-refractivity contribution >= 4 is 42.2 Å². The Bertz CT molecular complexity index is 949. The molecule has 0 radical (unpaired) electrons. The lowest BCUT2D eigenvalue weighted by Crippen LogP contribution is -2.28. The largest absolute Gasteiger partial charge is 0.394 e. The van der Waals surface area contributed by atoms with Crippen molar-refractivity contribution in [2.45, 2.75) is 19.4 Å². The van der Waals surface area contributed by atoms with E-state index < -0.39 is 49.8 Å². The number of aliphatic hydroxyl groups is 1.